The Morgan fingerprint density at radius 1 is 1.31 bits per heavy atom. The predicted molar refractivity (Wildman–Crippen MR) is 63.5 cm³/mol. The van der Waals surface area contributed by atoms with Gasteiger partial charge in [0.2, 0.25) is 5.91 Å². The highest BCUT2D eigenvalue weighted by atomic mass is 16.2. The van der Waals surface area contributed by atoms with Crippen LogP contribution in [0.5, 0.6) is 0 Å². The second-order valence-corrected chi connectivity index (χ2v) is 4.79. The molecule has 2 heterocycles. The molecule has 1 amide bonds. The van der Waals surface area contributed by atoms with Gasteiger partial charge in [-0.15, -0.1) is 0 Å². The van der Waals surface area contributed by atoms with Crippen LogP contribution in [0, 0.1) is 12.8 Å². The molecule has 1 aromatic rings. The normalized spacial score (nSPS) is 27.9. The minimum absolute atomic E-state index is 0.114. The molecular weight excluding hydrogens is 200 g/mol. The summed E-state index contributed by atoms with van der Waals surface area (Å²) in [4.78, 5) is 11.9. The molecule has 0 saturated carbocycles. The largest absolute Gasteiger partial charge is 0.326 e. The lowest BCUT2D eigenvalue weighted by Crippen LogP contribution is -2.44. The van der Waals surface area contributed by atoms with Gasteiger partial charge in [0.15, 0.2) is 0 Å². The van der Waals surface area contributed by atoms with Gasteiger partial charge in [-0.1, -0.05) is 17.7 Å². The van der Waals surface area contributed by atoms with Crippen molar-refractivity contribution in [3.05, 3.63) is 29.3 Å². The van der Waals surface area contributed by atoms with Gasteiger partial charge >= 0.3 is 0 Å². The van der Waals surface area contributed by atoms with Crippen LogP contribution in [-0.4, -0.2) is 19.0 Å². The molecule has 0 aliphatic carbocycles. The standard InChI is InChI=1S/C13H16N2O/c1-8-2-3-12-10(6-8)9-4-5-14-7-11(9)13(16)15-12/h2-3,6,9,11,14H,4-5,7H2,1H3,(H,15,16). The van der Waals surface area contributed by atoms with Gasteiger partial charge in [0.25, 0.3) is 0 Å². The maximum Gasteiger partial charge on any atom is 0.229 e. The Labute approximate surface area is 95.2 Å². The number of fused-ring (bicyclic) bond motifs is 3. The molecule has 2 aliphatic heterocycles. The smallest absolute Gasteiger partial charge is 0.229 e. The zero-order chi connectivity index (χ0) is 11.1. The van der Waals surface area contributed by atoms with Crippen LogP contribution in [0.1, 0.15) is 23.5 Å². The summed E-state index contributed by atoms with van der Waals surface area (Å²) in [7, 11) is 0. The lowest BCUT2D eigenvalue weighted by molar-refractivity contribution is -0.121. The molecular formula is C13H16N2O. The van der Waals surface area contributed by atoms with Gasteiger partial charge in [0.05, 0.1) is 5.92 Å². The van der Waals surface area contributed by atoms with Crippen LogP contribution in [0.4, 0.5) is 5.69 Å². The fourth-order valence-electron chi connectivity index (χ4n) is 2.83. The number of piperidine rings is 1. The van der Waals surface area contributed by atoms with E-state index in [0.29, 0.717) is 5.92 Å². The van der Waals surface area contributed by atoms with Crippen LogP contribution in [0.15, 0.2) is 18.2 Å². The number of rotatable bonds is 0. The Balaban J connectivity index is 2.07. The van der Waals surface area contributed by atoms with Crippen molar-refractivity contribution < 1.29 is 4.79 Å². The van der Waals surface area contributed by atoms with E-state index in [1.165, 1.54) is 11.1 Å². The first-order chi connectivity index (χ1) is 7.75. The van der Waals surface area contributed by atoms with Gasteiger partial charge in [0, 0.05) is 12.2 Å². The molecule has 0 bridgehead atoms. The highest BCUT2D eigenvalue weighted by Gasteiger charge is 2.37. The summed E-state index contributed by atoms with van der Waals surface area (Å²) in [6.07, 6.45) is 1.06. The third-order valence-corrected chi connectivity index (χ3v) is 3.68. The molecule has 2 unspecified atom stereocenters. The van der Waals surface area contributed by atoms with E-state index in [9.17, 15) is 4.79 Å². The van der Waals surface area contributed by atoms with E-state index in [2.05, 4.69) is 29.7 Å². The number of aryl methyl sites for hydroxylation is 1. The number of carbonyl (C=O) groups is 1. The minimum atomic E-state index is 0.114. The average molecular weight is 216 g/mol. The number of carbonyl (C=O) groups excluding carboxylic acids is 1. The summed E-state index contributed by atoms with van der Waals surface area (Å²) in [6, 6.07) is 6.30. The fraction of sp³-hybridized carbons (Fsp3) is 0.462. The van der Waals surface area contributed by atoms with E-state index in [-0.39, 0.29) is 11.8 Å². The SMILES string of the molecule is Cc1ccc2c(c1)C1CCNCC1C(=O)N2. The quantitative estimate of drug-likeness (QED) is 0.692. The number of benzene rings is 1. The summed E-state index contributed by atoms with van der Waals surface area (Å²) in [6.45, 7) is 3.93. The van der Waals surface area contributed by atoms with Gasteiger partial charge in [0.1, 0.15) is 0 Å². The molecule has 1 aromatic carbocycles. The zero-order valence-electron chi connectivity index (χ0n) is 9.42. The molecule has 3 nitrogen and oxygen atoms in total. The summed E-state index contributed by atoms with van der Waals surface area (Å²) in [5.74, 6) is 0.696. The van der Waals surface area contributed by atoms with Crippen molar-refractivity contribution in [2.24, 2.45) is 5.92 Å². The molecule has 16 heavy (non-hydrogen) atoms. The molecule has 84 valence electrons. The number of nitrogens with one attached hydrogen (secondary N) is 2. The van der Waals surface area contributed by atoms with Gasteiger partial charge in [-0.25, -0.2) is 0 Å². The Bertz CT molecular complexity index is 442. The van der Waals surface area contributed by atoms with Gasteiger partial charge in [-0.2, -0.15) is 0 Å². The molecule has 2 N–H and O–H groups in total. The maximum absolute atomic E-state index is 11.9. The van der Waals surface area contributed by atoms with E-state index >= 15 is 0 Å². The molecule has 0 radical (unpaired) electrons. The first-order valence-electron chi connectivity index (χ1n) is 5.88. The molecule has 1 saturated heterocycles. The molecule has 2 aliphatic rings. The highest BCUT2D eigenvalue weighted by molar-refractivity contribution is 5.97. The number of amides is 1. The van der Waals surface area contributed by atoms with Crippen LogP contribution in [0.25, 0.3) is 0 Å². The van der Waals surface area contributed by atoms with Crippen molar-refractivity contribution in [3.63, 3.8) is 0 Å². The zero-order valence-corrected chi connectivity index (χ0v) is 9.42. The Hall–Kier alpha value is -1.35. The lowest BCUT2D eigenvalue weighted by Gasteiger charge is -2.36. The third-order valence-electron chi connectivity index (χ3n) is 3.68. The van der Waals surface area contributed by atoms with Crippen LogP contribution >= 0.6 is 0 Å². The van der Waals surface area contributed by atoms with E-state index in [4.69, 9.17) is 0 Å². The fourth-order valence-corrected chi connectivity index (χ4v) is 2.83. The van der Waals surface area contributed by atoms with E-state index in [1.54, 1.807) is 0 Å². The van der Waals surface area contributed by atoms with Crippen molar-refractivity contribution in [2.75, 3.05) is 18.4 Å². The van der Waals surface area contributed by atoms with Crippen molar-refractivity contribution >= 4 is 11.6 Å². The van der Waals surface area contributed by atoms with E-state index in [1.807, 2.05) is 6.07 Å². The van der Waals surface area contributed by atoms with Crippen molar-refractivity contribution in [1.82, 2.24) is 5.32 Å². The van der Waals surface area contributed by atoms with E-state index < -0.39 is 0 Å². The Morgan fingerprint density at radius 2 is 2.19 bits per heavy atom. The Morgan fingerprint density at radius 3 is 3.06 bits per heavy atom. The molecule has 2 atom stereocenters. The van der Waals surface area contributed by atoms with Crippen LogP contribution < -0.4 is 10.6 Å². The first kappa shape index (κ1) is 9.85. The molecule has 0 spiro atoms. The molecule has 1 fully saturated rings. The number of hydrogen-bond donors (Lipinski definition) is 2. The van der Waals surface area contributed by atoms with Crippen LogP contribution in [0.2, 0.25) is 0 Å². The summed E-state index contributed by atoms with van der Waals surface area (Å²) in [5.41, 5.74) is 3.61. The monoisotopic (exact) mass is 216 g/mol. The van der Waals surface area contributed by atoms with Crippen LogP contribution in [0.3, 0.4) is 0 Å². The second-order valence-electron chi connectivity index (χ2n) is 4.79. The highest BCUT2D eigenvalue weighted by Crippen LogP contribution is 2.39. The summed E-state index contributed by atoms with van der Waals surface area (Å²) in [5, 5.41) is 6.31. The van der Waals surface area contributed by atoms with E-state index in [0.717, 1.165) is 25.2 Å². The molecule has 3 heteroatoms. The van der Waals surface area contributed by atoms with Crippen LogP contribution in [-0.2, 0) is 4.79 Å². The maximum atomic E-state index is 11.9. The number of anilines is 1. The predicted octanol–water partition coefficient (Wildman–Crippen LogP) is 1.64. The first-order valence-corrected chi connectivity index (χ1v) is 5.88. The van der Waals surface area contributed by atoms with Gasteiger partial charge in [-0.3, -0.25) is 4.79 Å². The summed E-state index contributed by atoms with van der Waals surface area (Å²) < 4.78 is 0. The van der Waals surface area contributed by atoms with Gasteiger partial charge in [-0.05, 0) is 37.4 Å². The van der Waals surface area contributed by atoms with Crippen molar-refractivity contribution in [3.8, 4) is 0 Å². The third kappa shape index (κ3) is 1.43. The Kier molecular flexibility index (Phi) is 2.21. The lowest BCUT2D eigenvalue weighted by atomic mass is 9.77. The topological polar surface area (TPSA) is 41.1 Å². The second kappa shape index (κ2) is 3.59. The molecule has 3 rings (SSSR count). The molecule has 0 aromatic heterocycles. The summed E-state index contributed by atoms with van der Waals surface area (Å²) >= 11 is 0. The number of hydrogen-bond acceptors (Lipinski definition) is 2. The van der Waals surface area contributed by atoms with Crippen molar-refractivity contribution in [1.29, 1.82) is 0 Å². The van der Waals surface area contributed by atoms with Gasteiger partial charge < -0.3 is 10.6 Å². The average Bonchev–Trinajstić information content (AvgIpc) is 2.31. The van der Waals surface area contributed by atoms with Crippen molar-refractivity contribution in [2.45, 2.75) is 19.3 Å². The minimum Gasteiger partial charge on any atom is -0.326 e.